The average Bonchev–Trinajstić information content (AvgIpc) is 2.37. The molecule has 60 valence electrons. The first kappa shape index (κ1) is 7.82. The molecule has 5 heteroatoms. The molecular weight excluding hydrogens is 150 g/mol. The van der Waals surface area contributed by atoms with E-state index in [2.05, 4.69) is 9.47 Å². The Balaban J connectivity index is 2.09. The van der Waals surface area contributed by atoms with Crippen molar-refractivity contribution in [2.75, 3.05) is 13.2 Å². The Morgan fingerprint density at radius 3 is 3.18 bits per heavy atom. The van der Waals surface area contributed by atoms with Crippen LogP contribution < -0.4 is 0 Å². The Morgan fingerprint density at radius 1 is 1.82 bits per heavy atom. The topological polar surface area (TPSA) is 68.5 Å². The molecule has 0 amide bonds. The largest absolute Gasteiger partial charge is 0.510 e. The number of carbonyl (C=O) groups is 1. The van der Waals surface area contributed by atoms with E-state index in [9.17, 15) is 4.79 Å². The fourth-order valence-electron chi connectivity index (χ4n) is 0.630. The van der Waals surface area contributed by atoms with E-state index < -0.39 is 12.4 Å². The van der Waals surface area contributed by atoms with Gasteiger partial charge in [0, 0.05) is 0 Å². The molecule has 1 fully saturated rings. The summed E-state index contributed by atoms with van der Waals surface area (Å²) in [5, 5.41) is 8.12. The third kappa shape index (κ3) is 2.43. The van der Waals surface area contributed by atoms with Gasteiger partial charge in [-0.15, -0.1) is 0 Å². The Labute approximate surface area is 63.5 Å². The zero-order chi connectivity index (χ0) is 8.10. The van der Waals surface area contributed by atoms with Crippen LogP contribution in [0.15, 0.2) is 0 Å². The molecule has 0 aromatic heterocycles. The molecule has 0 radical (unpaired) electrons. The highest BCUT2D eigenvalue weighted by Crippen LogP contribution is 2.06. The zero-order valence-electron chi connectivity index (χ0n) is 5.78. The van der Waals surface area contributed by atoms with Crippen molar-refractivity contribution in [1.82, 2.24) is 0 Å². The van der Waals surface area contributed by atoms with Crippen molar-refractivity contribution in [2.24, 2.45) is 0 Å². The second kappa shape index (κ2) is 3.78. The fourth-order valence-corrected chi connectivity index (χ4v) is 0.630. The van der Waals surface area contributed by atoms with Gasteiger partial charge in [-0.05, 0) is 0 Å². The highest BCUT2D eigenvalue weighted by Gasteiger charge is 2.24. The predicted molar refractivity (Wildman–Crippen MR) is 32.4 cm³/mol. The van der Waals surface area contributed by atoms with Gasteiger partial charge in [-0.3, -0.25) is 0 Å². The van der Waals surface area contributed by atoms with Gasteiger partial charge in [-0.2, -0.15) is 5.26 Å². The number of hydrogen-bond donors (Lipinski definition) is 0. The van der Waals surface area contributed by atoms with Gasteiger partial charge >= 0.3 is 6.16 Å². The summed E-state index contributed by atoms with van der Waals surface area (Å²) in [6, 6.07) is 1.90. The minimum absolute atomic E-state index is 0.115. The Morgan fingerprint density at radius 2 is 2.64 bits per heavy atom. The molecule has 1 unspecified atom stereocenters. The molecule has 5 nitrogen and oxygen atoms in total. The summed E-state index contributed by atoms with van der Waals surface area (Å²) in [4.78, 5) is 10.3. The average molecular weight is 157 g/mol. The van der Waals surface area contributed by atoms with E-state index in [0.29, 0.717) is 0 Å². The molecule has 0 bridgehead atoms. The lowest BCUT2D eigenvalue weighted by molar-refractivity contribution is -0.0751. The molecule has 0 aliphatic carbocycles. The minimum atomic E-state index is -0.716. The van der Waals surface area contributed by atoms with Crippen LogP contribution in [0.3, 0.4) is 0 Å². The first-order valence-electron chi connectivity index (χ1n) is 3.15. The van der Waals surface area contributed by atoms with E-state index in [4.69, 9.17) is 10.00 Å². The van der Waals surface area contributed by atoms with Crippen molar-refractivity contribution < 1.29 is 19.0 Å². The Kier molecular flexibility index (Phi) is 2.69. The van der Waals surface area contributed by atoms with E-state index in [-0.39, 0.29) is 19.6 Å². The van der Waals surface area contributed by atoms with Crippen molar-refractivity contribution in [3.8, 4) is 6.07 Å². The normalized spacial score (nSPS) is 22.1. The lowest BCUT2D eigenvalue weighted by Gasteiger charge is -2.04. The Hall–Kier alpha value is -1.28. The van der Waals surface area contributed by atoms with E-state index in [1.165, 1.54) is 0 Å². The van der Waals surface area contributed by atoms with Gasteiger partial charge in [0.1, 0.15) is 0 Å². The molecule has 11 heavy (non-hydrogen) atoms. The van der Waals surface area contributed by atoms with Crippen LogP contribution in [0.25, 0.3) is 0 Å². The quantitative estimate of drug-likeness (QED) is 0.438. The molecule has 1 aliphatic rings. The standard InChI is InChI=1S/C6H7NO4/c7-2-1-3-9-5-4-10-6(8)11-5/h5H,1,3-4H2. The fraction of sp³-hybridized carbons (Fsp3) is 0.667. The summed E-state index contributed by atoms with van der Waals surface area (Å²) < 4.78 is 13.9. The summed E-state index contributed by atoms with van der Waals surface area (Å²) in [7, 11) is 0. The van der Waals surface area contributed by atoms with Gasteiger partial charge in [0.05, 0.1) is 19.1 Å². The van der Waals surface area contributed by atoms with Crippen LogP contribution in [0, 0.1) is 11.3 Å². The lowest BCUT2D eigenvalue weighted by atomic mass is 10.5. The third-order valence-electron chi connectivity index (χ3n) is 1.08. The van der Waals surface area contributed by atoms with Crippen LogP contribution in [-0.4, -0.2) is 25.7 Å². The molecule has 0 N–H and O–H groups in total. The van der Waals surface area contributed by atoms with E-state index in [1.807, 2.05) is 6.07 Å². The number of cyclic esters (lactones) is 2. The molecule has 1 saturated heterocycles. The van der Waals surface area contributed by atoms with Gasteiger partial charge in [0.2, 0.25) is 6.29 Å². The predicted octanol–water partition coefficient (Wildman–Crippen LogP) is 0.410. The summed E-state index contributed by atoms with van der Waals surface area (Å²) in [5.74, 6) is 0. The van der Waals surface area contributed by atoms with Crippen LogP contribution in [0.4, 0.5) is 4.79 Å². The molecule has 0 spiro atoms. The molecule has 0 aromatic rings. The number of hydrogen-bond acceptors (Lipinski definition) is 5. The molecule has 1 heterocycles. The van der Waals surface area contributed by atoms with Crippen molar-refractivity contribution in [3.05, 3.63) is 0 Å². The van der Waals surface area contributed by atoms with Crippen LogP contribution >= 0.6 is 0 Å². The summed E-state index contributed by atoms with van der Waals surface area (Å²) in [6.45, 7) is 0.377. The number of rotatable bonds is 3. The number of nitrogens with zero attached hydrogens (tertiary/aromatic N) is 1. The first-order valence-corrected chi connectivity index (χ1v) is 3.15. The summed E-state index contributed by atoms with van der Waals surface area (Å²) in [5.41, 5.74) is 0. The van der Waals surface area contributed by atoms with Gasteiger partial charge in [0.15, 0.2) is 6.61 Å². The van der Waals surface area contributed by atoms with Crippen LogP contribution in [0.1, 0.15) is 6.42 Å². The maximum absolute atomic E-state index is 10.3. The van der Waals surface area contributed by atoms with E-state index in [1.54, 1.807) is 0 Å². The number of carbonyl (C=O) groups excluding carboxylic acids is 1. The van der Waals surface area contributed by atoms with Crippen molar-refractivity contribution in [3.63, 3.8) is 0 Å². The highest BCUT2D eigenvalue weighted by molar-refractivity contribution is 5.61. The molecule has 0 saturated carbocycles. The van der Waals surface area contributed by atoms with E-state index >= 15 is 0 Å². The SMILES string of the molecule is N#CCCOC1COC(=O)O1. The van der Waals surface area contributed by atoms with E-state index in [0.717, 1.165) is 0 Å². The van der Waals surface area contributed by atoms with Crippen molar-refractivity contribution >= 4 is 6.16 Å². The van der Waals surface area contributed by atoms with Crippen molar-refractivity contribution in [2.45, 2.75) is 12.7 Å². The first-order chi connectivity index (χ1) is 5.33. The molecule has 1 rings (SSSR count). The molecule has 0 aromatic carbocycles. The summed E-state index contributed by atoms with van der Waals surface area (Å²) >= 11 is 0. The summed E-state index contributed by atoms with van der Waals surface area (Å²) in [6.07, 6.45) is -1.06. The van der Waals surface area contributed by atoms with Gasteiger partial charge in [0.25, 0.3) is 0 Å². The second-order valence-corrected chi connectivity index (χ2v) is 1.89. The van der Waals surface area contributed by atoms with Gasteiger partial charge < -0.3 is 14.2 Å². The number of nitriles is 1. The second-order valence-electron chi connectivity index (χ2n) is 1.89. The molecule has 1 atom stereocenters. The smallest absolute Gasteiger partial charge is 0.428 e. The lowest BCUT2D eigenvalue weighted by Crippen LogP contribution is -2.15. The molecule has 1 aliphatic heterocycles. The highest BCUT2D eigenvalue weighted by atomic mass is 16.8. The van der Waals surface area contributed by atoms with Crippen LogP contribution in [0.5, 0.6) is 0 Å². The van der Waals surface area contributed by atoms with Gasteiger partial charge in [-0.1, -0.05) is 0 Å². The number of ether oxygens (including phenoxy) is 3. The third-order valence-corrected chi connectivity index (χ3v) is 1.08. The maximum Gasteiger partial charge on any atom is 0.510 e. The minimum Gasteiger partial charge on any atom is -0.428 e. The Bertz CT molecular complexity index is 186. The monoisotopic (exact) mass is 157 g/mol. The van der Waals surface area contributed by atoms with Crippen LogP contribution in [0.2, 0.25) is 0 Å². The maximum atomic E-state index is 10.3. The zero-order valence-corrected chi connectivity index (χ0v) is 5.78. The van der Waals surface area contributed by atoms with Gasteiger partial charge in [-0.25, -0.2) is 4.79 Å². The van der Waals surface area contributed by atoms with Crippen LogP contribution in [-0.2, 0) is 14.2 Å². The van der Waals surface area contributed by atoms with Crippen molar-refractivity contribution in [1.29, 1.82) is 5.26 Å². The molecular formula is C6H7NO4.